The van der Waals surface area contributed by atoms with Gasteiger partial charge >= 0.3 is 0 Å². The molecule has 0 amide bonds. The molecule has 7 heteroatoms. The molecule has 43 heavy (non-hydrogen) atoms. The summed E-state index contributed by atoms with van der Waals surface area (Å²) in [6, 6.07) is 10.0. The Hall–Kier alpha value is -1.06. The number of fused-ring (bicyclic) bond motifs is 1. The van der Waals surface area contributed by atoms with Crippen molar-refractivity contribution in [1.29, 1.82) is 0 Å². The minimum atomic E-state index is -0.797. The van der Waals surface area contributed by atoms with E-state index in [2.05, 4.69) is 20.8 Å². The first-order chi connectivity index (χ1) is 20.8. The van der Waals surface area contributed by atoms with Gasteiger partial charge in [-0.3, -0.25) is 0 Å². The van der Waals surface area contributed by atoms with E-state index in [0.29, 0.717) is 6.61 Å². The number of benzene rings is 1. The molecule has 0 saturated carbocycles. The van der Waals surface area contributed by atoms with Gasteiger partial charge in [0.15, 0.2) is 18.4 Å². The Kier molecular flexibility index (Phi) is 14.2. The highest BCUT2D eigenvalue weighted by atomic mass is 16.8. The molecular formula is C36H60O7. The molecule has 1 aromatic rings. The highest BCUT2D eigenvalue weighted by Crippen LogP contribution is 2.40. The quantitative estimate of drug-likeness (QED) is 0.170. The molecule has 0 radical (unpaired) electrons. The van der Waals surface area contributed by atoms with E-state index in [1.54, 1.807) is 0 Å². The molecule has 1 N–H and O–H groups in total. The van der Waals surface area contributed by atoms with Gasteiger partial charge in [0, 0.05) is 11.5 Å². The van der Waals surface area contributed by atoms with E-state index >= 15 is 0 Å². The maximum atomic E-state index is 11.2. The van der Waals surface area contributed by atoms with Crippen LogP contribution in [0.4, 0.5) is 0 Å². The third-order valence-electron chi connectivity index (χ3n) is 9.59. The molecule has 3 aliphatic rings. The molecule has 4 rings (SSSR count). The first-order valence-corrected chi connectivity index (χ1v) is 17.4. The van der Waals surface area contributed by atoms with Crippen LogP contribution in [0.3, 0.4) is 0 Å². The molecule has 3 fully saturated rings. The fourth-order valence-corrected chi connectivity index (χ4v) is 6.83. The standard InChI is InChI=1S/C36H60O7/c1-6-7-8-9-10-11-12-13-14-15-16-20-23-30-33(43-36(4,5)42-30)29(37)24-38-34-27(3)26(2)32-31(40-34)25-39-35(41-32)28-21-18-17-19-22-28/h17-19,21-22,26-27,29-35,37H,6-16,20,23-25H2,1-5H3/t26?,27?,29-,30+,31?,32?,33-,34?,35?/m0/s1. The van der Waals surface area contributed by atoms with Gasteiger partial charge in [0.25, 0.3) is 0 Å². The molecule has 0 aromatic heterocycles. The molecule has 6 unspecified atom stereocenters. The van der Waals surface area contributed by atoms with Gasteiger partial charge < -0.3 is 33.5 Å². The van der Waals surface area contributed by atoms with Crippen molar-refractivity contribution in [1.82, 2.24) is 0 Å². The normalized spacial score (nSPS) is 32.9. The Morgan fingerprint density at radius 3 is 2.12 bits per heavy atom. The second kappa shape index (κ2) is 17.6. The molecule has 0 bridgehead atoms. The van der Waals surface area contributed by atoms with Crippen LogP contribution in [0.2, 0.25) is 0 Å². The highest BCUT2D eigenvalue weighted by Gasteiger charge is 2.48. The summed E-state index contributed by atoms with van der Waals surface area (Å²) in [6.07, 6.45) is 14.3. The summed E-state index contributed by atoms with van der Waals surface area (Å²) in [7, 11) is 0. The summed E-state index contributed by atoms with van der Waals surface area (Å²) in [6.45, 7) is 11.0. The number of unbranched alkanes of at least 4 members (excludes halogenated alkanes) is 11. The van der Waals surface area contributed by atoms with Gasteiger partial charge in [0.2, 0.25) is 0 Å². The van der Waals surface area contributed by atoms with E-state index in [9.17, 15) is 5.11 Å². The van der Waals surface area contributed by atoms with Crippen molar-refractivity contribution in [2.75, 3.05) is 13.2 Å². The first kappa shape index (κ1) is 34.8. The molecule has 7 nitrogen and oxygen atoms in total. The SMILES string of the molecule is CCCCCCCCCCCCCC[C@H]1OC(C)(C)O[C@H]1[C@@H](O)COC1OC2COC(c3ccccc3)OC2C(C)C1C. The summed E-state index contributed by atoms with van der Waals surface area (Å²) in [5, 5.41) is 11.2. The van der Waals surface area contributed by atoms with E-state index in [-0.39, 0.29) is 43.0 Å². The van der Waals surface area contributed by atoms with Crippen molar-refractivity contribution in [2.45, 2.75) is 167 Å². The number of hydrogen-bond acceptors (Lipinski definition) is 7. The van der Waals surface area contributed by atoms with E-state index < -0.39 is 24.3 Å². The predicted molar refractivity (Wildman–Crippen MR) is 168 cm³/mol. The van der Waals surface area contributed by atoms with Gasteiger partial charge in [0.05, 0.1) is 25.4 Å². The molecular weight excluding hydrogens is 544 g/mol. The lowest BCUT2D eigenvalue weighted by molar-refractivity contribution is -0.344. The third kappa shape index (κ3) is 10.5. The monoisotopic (exact) mass is 604 g/mol. The van der Waals surface area contributed by atoms with Gasteiger partial charge in [0.1, 0.15) is 18.3 Å². The molecule has 0 aliphatic carbocycles. The third-order valence-corrected chi connectivity index (χ3v) is 9.59. The Morgan fingerprint density at radius 1 is 0.837 bits per heavy atom. The van der Waals surface area contributed by atoms with Crippen molar-refractivity contribution in [3.8, 4) is 0 Å². The largest absolute Gasteiger partial charge is 0.388 e. The lowest BCUT2D eigenvalue weighted by Crippen LogP contribution is -2.56. The van der Waals surface area contributed by atoms with E-state index in [1.807, 2.05) is 44.2 Å². The summed E-state index contributed by atoms with van der Waals surface area (Å²) in [5.74, 6) is -0.410. The van der Waals surface area contributed by atoms with Gasteiger partial charge in [-0.2, -0.15) is 0 Å². The molecule has 3 heterocycles. The minimum absolute atomic E-state index is 0.0778. The zero-order valence-corrected chi connectivity index (χ0v) is 27.6. The molecule has 3 saturated heterocycles. The number of aliphatic hydroxyl groups is 1. The Bertz CT molecular complexity index is 893. The predicted octanol–water partition coefficient (Wildman–Crippen LogP) is 8.09. The van der Waals surface area contributed by atoms with Gasteiger partial charge in [-0.25, -0.2) is 0 Å². The van der Waals surface area contributed by atoms with Crippen LogP contribution in [0.15, 0.2) is 30.3 Å². The van der Waals surface area contributed by atoms with Crippen LogP contribution in [0.5, 0.6) is 0 Å². The summed E-state index contributed by atoms with van der Waals surface area (Å²) in [4.78, 5) is 0. The number of aliphatic hydroxyl groups excluding tert-OH is 1. The minimum Gasteiger partial charge on any atom is -0.388 e. The van der Waals surface area contributed by atoms with Crippen LogP contribution < -0.4 is 0 Å². The van der Waals surface area contributed by atoms with Crippen LogP contribution in [0.1, 0.15) is 130 Å². The molecule has 1 aromatic carbocycles. The summed E-state index contributed by atoms with van der Waals surface area (Å²) in [5.41, 5.74) is 1.02. The lowest BCUT2D eigenvalue weighted by atomic mass is 9.84. The number of rotatable bonds is 18. The van der Waals surface area contributed by atoms with Gasteiger partial charge in [-0.15, -0.1) is 0 Å². The highest BCUT2D eigenvalue weighted by molar-refractivity contribution is 5.16. The Balaban J connectivity index is 1.15. The summed E-state index contributed by atoms with van der Waals surface area (Å²) >= 11 is 0. The van der Waals surface area contributed by atoms with Crippen molar-refractivity contribution in [3.05, 3.63) is 35.9 Å². The number of hydrogen-bond donors (Lipinski definition) is 1. The van der Waals surface area contributed by atoms with Crippen molar-refractivity contribution in [3.63, 3.8) is 0 Å². The van der Waals surface area contributed by atoms with Crippen LogP contribution in [0, 0.1) is 11.8 Å². The van der Waals surface area contributed by atoms with Crippen LogP contribution in [-0.2, 0) is 28.4 Å². The zero-order valence-electron chi connectivity index (χ0n) is 27.6. The molecule has 9 atom stereocenters. The average molecular weight is 605 g/mol. The zero-order chi connectivity index (χ0) is 30.7. The van der Waals surface area contributed by atoms with Crippen molar-refractivity contribution in [2.24, 2.45) is 11.8 Å². The fraction of sp³-hybridized carbons (Fsp3) is 0.833. The van der Waals surface area contributed by atoms with E-state index in [4.69, 9.17) is 28.4 Å². The topological polar surface area (TPSA) is 75.6 Å². The molecule has 3 aliphatic heterocycles. The van der Waals surface area contributed by atoms with Crippen LogP contribution >= 0.6 is 0 Å². The number of ether oxygens (including phenoxy) is 6. The first-order valence-electron chi connectivity index (χ1n) is 17.4. The Morgan fingerprint density at radius 2 is 1.47 bits per heavy atom. The second-order valence-electron chi connectivity index (χ2n) is 13.7. The molecule has 246 valence electrons. The molecule has 0 spiro atoms. The smallest absolute Gasteiger partial charge is 0.184 e. The maximum absolute atomic E-state index is 11.2. The summed E-state index contributed by atoms with van der Waals surface area (Å²) < 4.78 is 37.3. The lowest BCUT2D eigenvalue weighted by Gasteiger charge is -2.48. The van der Waals surface area contributed by atoms with Crippen molar-refractivity contribution >= 4 is 0 Å². The van der Waals surface area contributed by atoms with E-state index in [0.717, 1.165) is 18.4 Å². The van der Waals surface area contributed by atoms with Gasteiger partial charge in [-0.05, 0) is 26.2 Å². The van der Waals surface area contributed by atoms with Crippen molar-refractivity contribution < 1.29 is 33.5 Å². The van der Waals surface area contributed by atoms with Gasteiger partial charge in [-0.1, -0.05) is 128 Å². The fourth-order valence-electron chi connectivity index (χ4n) is 6.83. The maximum Gasteiger partial charge on any atom is 0.184 e. The van der Waals surface area contributed by atoms with Crippen LogP contribution in [0.25, 0.3) is 0 Å². The average Bonchev–Trinajstić information content (AvgIpc) is 3.33. The van der Waals surface area contributed by atoms with E-state index in [1.165, 1.54) is 70.6 Å². The second-order valence-corrected chi connectivity index (χ2v) is 13.7. The van der Waals surface area contributed by atoms with Crippen LogP contribution in [-0.4, -0.2) is 60.9 Å². The Labute approximate surface area is 261 Å².